The zero-order valence-electron chi connectivity index (χ0n) is 36.9. The van der Waals surface area contributed by atoms with Gasteiger partial charge in [-0.1, -0.05) is 106 Å². The molecule has 66 heavy (non-hydrogen) atoms. The zero-order chi connectivity index (χ0) is 48.4. The van der Waals surface area contributed by atoms with E-state index in [4.69, 9.17) is 10.0 Å². The van der Waals surface area contributed by atoms with E-state index in [1.807, 2.05) is 79.7 Å². The Morgan fingerprint density at radius 2 is 1.08 bits per heavy atom. The molecule has 2 heterocycles. The van der Waals surface area contributed by atoms with Crippen molar-refractivity contribution in [3.05, 3.63) is 148 Å². The number of carbonyl (C=O) groups excluding carboxylic acids is 2. The van der Waals surface area contributed by atoms with Crippen LogP contribution in [0.2, 0.25) is 0 Å². The molecule has 0 aliphatic carbocycles. The highest BCUT2D eigenvalue weighted by atomic mass is 79.9. The fraction of sp³-hybridized carbons (Fsp3) is 0.304. The summed E-state index contributed by atoms with van der Waals surface area (Å²) < 4.78 is 0.921. The minimum atomic E-state index is -1.39. The molecule has 6 aromatic rings. The Labute approximate surface area is 390 Å². The number of aryl methyl sites for hydroxylation is 2. The van der Waals surface area contributed by atoms with Gasteiger partial charge in [-0.15, -0.1) is 0 Å². The molecule has 0 unspecified atom stereocenters. The lowest BCUT2D eigenvalue weighted by molar-refractivity contribution is -0.152. The van der Waals surface area contributed by atoms with Gasteiger partial charge in [-0.05, 0) is 98.8 Å². The molecule has 0 fully saturated rings. The average molecular weight is 970 g/mol. The highest BCUT2D eigenvalue weighted by Gasteiger charge is 2.37. The summed E-state index contributed by atoms with van der Waals surface area (Å²) in [6, 6.07) is 29.7. The molecule has 6 rings (SSSR count). The van der Waals surface area contributed by atoms with Crippen molar-refractivity contribution in [3.8, 4) is 11.1 Å². The maximum atomic E-state index is 12.5. The molecule has 0 aliphatic heterocycles. The number of halogens is 1. The molecule has 4 atom stereocenters. The van der Waals surface area contributed by atoms with E-state index in [1.165, 1.54) is 31.8 Å². The molecule has 0 bridgehead atoms. The van der Waals surface area contributed by atoms with Gasteiger partial charge in [-0.3, -0.25) is 19.2 Å². The molecular formula is C46H54BBrN8O10. The number of aliphatic hydroxyl groups is 2. The first-order chi connectivity index (χ1) is 31.4. The van der Waals surface area contributed by atoms with Crippen LogP contribution in [0.4, 0.5) is 0 Å². The van der Waals surface area contributed by atoms with E-state index in [0.717, 1.165) is 32.3 Å². The van der Waals surface area contributed by atoms with Crippen LogP contribution in [0, 0.1) is 24.7 Å². The quantitative estimate of drug-likeness (QED) is 0.0551. The molecule has 20 heteroatoms. The van der Waals surface area contributed by atoms with Gasteiger partial charge in [0.25, 0.3) is 11.8 Å². The summed E-state index contributed by atoms with van der Waals surface area (Å²) in [6.45, 7) is 5.75. The minimum Gasteiger partial charge on any atom is -0.481 e. The first kappa shape index (κ1) is 52.1. The molecule has 4 aromatic carbocycles. The molecule has 0 saturated carbocycles. The fourth-order valence-electron chi connectivity index (χ4n) is 6.80. The first-order valence-electron chi connectivity index (χ1n) is 20.7. The van der Waals surface area contributed by atoms with Gasteiger partial charge in [0.05, 0.1) is 36.4 Å². The summed E-state index contributed by atoms with van der Waals surface area (Å²) in [5.74, 6) is -3.15. The number of H-pyrrole nitrogens is 2. The normalized spacial score (nSPS) is 13.5. The van der Waals surface area contributed by atoms with Gasteiger partial charge < -0.3 is 41.1 Å². The van der Waals surface area contributed by atoms with Crippen LogP contribution in [-0.2, 0) is 22.4 Å². The van der Waals surface area contributed by atoms with Crippen molar-refractivity contribution in [1.82, 2.24) is 41.5 Å². The molecular weight excluding hydrogens is 915 g/mol. The second-order valence-electron chi connectivity index (χ2n) is 16.3. The van der Waals surface area contributed by atoms with E-state index < -0.39 is 67.0 Å². The highest BCUT2D eigenvalue weighted by Crippen LogP contribution is 2.28. The Kier molecular flexibility index (Phi) is 19.4. The number of benzene rings is 4. The summed E-state index contributed by atoms with van der Waals surface area (Å²) in [5, 5.41) is 80.7. The molecule has 348 valence electrons. The first-order valence-corrected chi connectivity index (χ1v) is 21.5. The summed E-state index contributed by atoms with van der Waals surface area (Å²) in [4.78, 5) is 47.9. The molecule has 0 saturated heterocycles. The Hall–Kier alpha value is -6.58. The second kappa shape index (κ2) is 24.6. The van der Waals surface area contributed by atoms with Crippen LogP contribution in [-0.4, -0.2) is 117 Å². The molecule has 0 radical (unpaired) electrons. The number of aromatic nitrogens is 6. The lowest BCUT2D eigenvalue weighted by Gasteiger charge is -2.28. The Balaban J connectivity index is 0.000000242. The number of carboxylic acids is 2. The molecule has 0 spiro atoms. The van der Waals surface area contributed by atoms with Crippen LogP contribution < -0.4 is 16.1 Å². The van der Waals surface area contributed by atoms with E-state index in [0.29, 0.717) is 18.3 Å². The summed E-state index contributed by atoms with van der Waals surface area (Å²) >= 11 is 3.36. The molecule has 2 amide bonds. The smallest absolute Gasteiger partial charge is 0.481 e. The van der Waals surface area contributed by atoms with Gasteiger partial charge in [-0.2, -0.15) is 30.8 Å². The summed E-state index contributed by atoms with van der Waals surface area (Å²) in [6.07, 6.45) is 3.53. The fourth-order valence-corrected chi connectivity index (χ4v) is 7.06. The number of carbonyl (C=O) groups is 4. The monoisotopic (exact) mass is 968 g/mol. The Morgan fingerprint density at radius 1 is 0.652 bits per heavy atom. The number of nitrogens with zero attached hydrogens (tertiary/aromatic N) is 4. The van der Waals surface area contributed by atoms with Gasteiger partial charge in [-0.25, -0.2) is 0 Å². The predicted octanol–water partition coefficient (Wildman–Crippen LogP) is 3.65. The SMILES string of the molecule is C[C@@](CO)(C[C@@H](Cc1ccc(Br)cc1)NC(=O)c1cn[nH]n1)C(=O)O.Cc1ccccc1-c1ccc(C[C@H](C[C@@](C)(CO)C(=O)O)NC(=O)c2cn[nH]n2)cc1.Cc1ccccc1B(O)O. The number of rotatable bonds is 18. The van der Waals surface area contributed by atoms with Gasteiger partial charge in [0, 0.05) is 16.6 Å². The van der Waals surface area contributed by atoms with Crippen LogP contribution in [0.25, 0.3) is 11.1 Å². The largest absolute Gasteiger partial charge is 0.488 e. The number of carboxylic acid groups (broad SMARTS) is 2. The molecule has 0 aliphatic rings. The Morgan fingerprint density at radius 3 is 1.44 bits per heavy atom. The van der Waals surface area contributed by atoms with Crippen LogP contribution in [0.15, 0.2) is 114 Å². The maximum Gasteiger partial charge on any atom is 0.488 e. The van der Waals surface area contributed by atoms with Crippen LogP contribution in [0.1, 0.15) is 69.9 Å². The highest BCUT2D eigenvalue weighted by molar-refractivity contribution is 9.10. The Bertz CT molecular complexity index is 2480. The van der Waals surface area contributed by atoms with Crippen molar-refractivity contribution < 1.29 is 49.7 Å². The van der Waals surface area contributed by atoms with Crippen molar-refractivity contribution in [2.24, 2.45) is 10.8 Å². The number of aliphatic carboxylic acids is 2. The number of amides is 2. The van der Waals surface area contributed by atoms with E-state index in [2.05, 4.69) is 76.4 Å². The van der Waals surface area contributed by atoms with Gasteiger partial charge >= 0.3 is 19.1 Å². The molecule has 10 N–H and O–H groups in total. The zero-order valence-corrected chi connectivity index (χ0v) is 38.4. The maximum absolute atomic E-state index is 12.5. The van der Waals surface area contributed by atoms with E-state index in [-0.39, 0.29) is 24.2 Å². The van der Waals surface area contributed by atoms with Crippen molar-refractivity contribution in [2.75, 3.05) is 13.2 Å². The van der Waals surface area contributed by atoms with E-state index >= 15 is 0 Å². The topological polar surface area (TPSA) is 297 Å². The van der Waals surface area contributed by atoms with E-state index in [9.17, 15) is 39.6 Å². The summed E-state index contributed by atoms with van der Waals surface area (Å²) in [7, 11) is -1.35. The molecule has 2 aromatic heterocycles. The van der Waals surface area contributed by atoms with Crippen LogP contribution in [0.3, 0.4) is 0 Å². The molecule has 18 nitrogen and oxygen atoms in total. The second-order valence-corrected chi connectivity index (χ2v) is 17.2. The number of hydrogen-bond donors (Lipinski definition) is 10. The average Bonchev–Trinajstić information content (AvgIpc) is 4.05. The number of aromatic amines is 2. The number of hydrogen-bond acceptors (Lipinski definition) is 12. The van der Waals surface area contributed by atoms with Gasteiger partial charge in [0.2, 0.25) is 0 Å². The summed E-state index contributed by atoms with van der Waals surface area (Å²) in [5.41, 5.74) is 4.21. The van der Waals surface area contributed by atoms with Crippen molar-refractivity contribution >= 4 is 52.3 Å². The van der Waals surface area contributed by atoms with Crippen molar-refractivity contribution in [2.45, 2.75) is 65.5 Å². The third-order valence-corrected chi connectivity index (χ3v) is 11.4. The third-order valence-electron chi connectivity index (χ3n) is 10.8. The lowest BCUT2D eigenvalue weighted by Crippen LogP contribution is -2.44. The predicted molar refractivity (Wildman–Crippen MR) is 249 cm³/mol. The third kappa shape index (κ3) is 15.3. The van der Waals surface area contributed by atoms with Crippen molar-refractivity contribution in [1.29, 1.82) is 0 Å². The van der Waals surface area contributed by atoms with E-state index in [1.54, 1.807) is 12.1 Å². The van der Waals surface area contributed by atoms with Gasteiger partial charge in [0.15, 0.2) is 11.4 Å². The van der Waals surface area contributed by atoms with Crippen LogP contribution >= 0.6 is 15.9 Å². The minimum absolute atomic E-state index is 0.0575. The lowest BCUT2D eigenvalue weighted by atomic mass is 9.77. The van der Waals surface area contributed by atoms with Crippen molar-refractivity contribution in [3.63, 3.8) is 0 Å². The number of aliphatic hydroxyl groups excluding tert-OH is 2. The standard InChI is InChI=1S/C23H26N4O4.C16H19BrN4O4.C7H9BO2/c1-15-5-3-4-6-19(15)17-9-7-16(8-10-17)11-18(12-23(2,14-28)22(30)31)25-21(29)20-13-24-27-26-20;1-16(9-22,15(24)25)7-12(6-10-2-4-11(17)5-3-10)19-14(23)13-8-18-21-20-13;1-6-4-2-3-5-7(6)8(9)10/h3-10,13,18,28H,11-12,14H2,1-2H3,(H,25,29)(H,30,31)(H,24,26,27);2-5,8,12,22H,6-7,9H2,1H3,(H,19,23)(H,24,25)(H,18,20,21);2-5,9-10H,1H3/t18-,23+;12-,16+;/m11./s1. The number of nitrogens with one attached hydrogen (secondary N) is 4. The van der Waals surface area contributed by atoms with Gasteiger partial charge in [0.1, 0.15) is 0 Å². The van der Waals surface area contributed by atoms with Crippen LogP contribution in [0.5, 0.6) is 0 Å².